The van der Waals surface area contributed by atoms with Crippen molar-refractivity contribution in [2.24, 2.45) is 0 Å². The lowest BCUT2D eigenvalue weighted by atomic mass is 10.1. The van der Waals surface area contributed by atoms with Gasteiger partial charge in [0.15, 0.2) is 5.11 Å². The van der Waals surface area contributed by atoms with Crippen molar-refractivity contribution >= 4 is 57.4 Å². The molecule has 0 bridgehead atoms. The molecule has 174 valence electrons. The van der Waals surface area contributed by atoms with Crippen LogP contribution in [0, 0.1) is 3.57 Å². The molecule has 0 aromatic heterocycles. The van der Waals surface area contributed by atoms with Gasteiger partial charge >= 0.3 is 0 Å². The summed E-state index contributed by atoms with van der Waals surface area (Å²) in [5.41, 5.74) is 3.03. The molecule has 1 aliphatic heterocycles. The van der Waals surface area contributed by atoms with E-state index in [0.29, 0.717) is 24.6 Å². The molecule has 1 atom stereocenters. The van der Waals surface area contributed by atoms with Crippen LogP contribution in [0.4, 0.5) is 5.69 Å². The second-order valence-electron chi connectivity index (χ2n) is 8.21. The van der Waals surface area contributed by atoms with E-state index in [0.717, 1.165) is 21.2 Å². The zero-order valence-corrected chi connectivity index (χ0v) is 21.7. The molecular formula is C27H26IN3O2S. The van der Waals surface area contributed by atoms with Crippen LogP contribution in [-0.2, 0) is 22.4 Å². The maximum absolute atomic E-state index is 13.4. The number of nitrogens with one attached hydrogen (secondary N) is 1. The highest BCUT2D eigenvalue weighted by Crippen LogP contribution is 2.23. The maximum atomic E-state index is 13.4. The van der Waals surface area contributed by atoms with Crippen molar-refractivity contribution < 1.29 is 9.59 Å². The van der Waals surface area contributed by atoms with Crippen molar-refractivity contribution in [1.82, 2.24) is 9.80 Å². The van der Waals surface area contributed by atoms with Gasteiger partial charge < -0.3 is 10.2 Å². The third-order valence-electron chi connectivity index (χ3n) is 5.86. The zero-order valence-electron chi connectivity index (χ0n) is 18.7. The third-order valence-corrected chi connectivity index (χ3v) is 7.04. The molecule has 5 nitrogen and oxygen atoms in total. The molecule has 0 aliphatic carbocycles. The summed E-state index contributed by atoms with van der Waals surface area (Å²) < 4.78 is 1.09. The van der Waals surface area contributed by atoms with Crippen LogP contribution in [0.5, 0.6) is 0 Å². The minimum Gasteiger partial charge on any atom is -0.336 e. The summed E-state index contributed by atoms with van der Waals surface area (Å²) in [6, 6.07) is 27.1. The SMILES string of the molecule is O=C(CC1C(=O)N(CCc2ccccc2)C(=S)N1CCc1ccccc1)Nc1ccc(I)cc1. The van der Waals surface area contributed by atoms with E-state index in [9.17, 15) is 9.59 Å². The zero-order chi connectivity index (χ0) is 23.9. The Morgan fingerprint density at radius 1 is 0.853 bits per heavy atom. The molecule has 7 heteroatoms. The van der Waals surface area contributed by atoms with Gasteiger partial charge in [0.05, 0.1) is 6.42 Å². The number of halogens is 1. The Bertz CT molecular complexity index is 1140. The summed E-state index contributed by atoms with van der Waals surface area (Å²) in [7, 11) is 0. The maximum Gasteiger partial charge on any atom is 0.252 e. The Labute approximate surface area is 219 Å². The lowest BCUT2D eigenvalue weighted by Gasteiger charge is -2.24. The van der Waals surface area contributed by atoms with Crippen LogP contribution < -0.4 is 5.32 Å². The number of hydrogen-bond donors (Lipinski definition) is 1. The summed E-state index contributed by atoms with van der Waals surface area (Å²) in [5, 5.41) is 3.42. The van der Waals surface area contributed by atoms with Crippen LogP contribution in [0.1, 0.15) is 17.5 Å². The van der Waals surface area contributed by atoms with Crippen LogP contribution in [0.2, 0.25) is 0 Å². The normalized spacial score (nSPS) is 15.6. The number of nitrogens with zero attached hydrogens (tertiary/aromatic N) is 2. The van der Waals surface area contributed by atoms with Gasteiger partial charge in [-0.15, -0.1) is 0 Å². The predicted molar refractivity (Wildman–Crippen MR) is 148 cm³/mol. The molecule has 0 radical (unpaired) electrons. The molecule has 1 unspecified atom stereocenters. The fraction of sp³-hybridized carbons (Fsp3) is 0.222. The van der Waals surface area contributed by atoms with Gasteiger partial charge in [0.2, 0.25) is 5.91 Å². The van der Waals surface area contributed by atoms with Crippen LogP contribution in [0.25, 0.3) is 0 Å². The van der Waals surface area contributed by atoms with Crippen molar-refractivity contribution in [1.29, 1.82) is 0 Å². The highest BCUT2D eigenvalue weighted by Gasteiger charge is 2.42. The number of carbonyl (C=O) groups is 2. The van der Waals surface area contributed by atoms with Crippen molar-refractivity contribution in [2.45, 2.75) is 25.3 Å². The first-order chi connectivity index (χ1) is 16.5. The van der Waals surface area contributed by atoms with E-state index in [2.05, 4.69) is 40.0 Å². The fourth-order valence-corrected chi connectivity index (χ4v) is 4.81. The monoisotopic (exact) mass is 583 g/mol. The van der Waals surface area contributed by atoms with Gasteiger partial charge in [-0.05, 0) is 83.0 Å². The Hall–Kier alpha value is -2.78. The van der Waals surface area contributed by atoms with Crippen LogP contribution in [-0.4, -0.2) is 45.9 Å². The second kappa shape index (κ2) is 11.6. The van der Waals surface area contributed by atoms with Gasteiger partial charge in [-0.2, -0.15) is 0 Å². The Morgan fingerprint density at radius 2 is 1.41 bits per heavy atom. The highest BCUT2D eigenvalue weighted by molar-refractivity contribution is 14.1. The van der Waals surface area contributed by atoms with E-state index in [1.165, 1.54) is 5.56 Å². The molecule has 1 aliphatic rings. The van der Waals surface area contributed by atoms with Crippen molar-refractivity contribution in [2.75, 3.05) is 18.4 Å². The number of amides is 2. The first-order valence-electron chi connectivity index (χ1n) is 11.3. The molecule has 4 rings (SSSR count). The molecule has 1 N–H and O–H groups in total. The average molecular weight is 583 g/mol. The first kappa shape index (κ1) is 24.3. The van der Waals surface area contributed by atoms with E-state index >= 15 is 0 Å². The van der Waals surface area contributed by atoms with Crippen molar-refractivity contribution in [3.8, 4) is 0 Å². The van der Waals surface area contributed by atoms with Crippen LogP contribution in [0.3, 0.4) is 0 Å². The number of anilines is 1. The van der Waals surface area contributed by atoms with Crippen LogP contribution >= 0.6 is 34.8 Å². The van der Waals surface area contributed by atoms with E-state index in [1.54, 1.807) is 4.90 Å². The number of thiocarbonyl (C=S) groups is 1. The van der Waals surface area contributed by atoms with Crippen molar-refractivity contribution in [3.05, 3.63) is 99.6 Å². The van der Waals surface area contributed by atoms with Gasteiger partial charge in [-0.3, -0.25) is 14.5 Å². The predicted octanol–water partition coefficient (Wildman–Crippen LogP) is 4.90. The largest absolute Gasteiger partial charge is 0.336 e. The molecule has 3 aromatic carbocycles. The Morgan fingerprint density at radius 3 is 2.00 bits per heavy atom. The van der Waals surface area contributed by atoms with Gasteiger partial charge in [0.25, 0.3) is 5.91 Å². The quantitative estimate of drug-likeness (QED) is 0.288. The molecule has 1 saturated heterocycles. The van der Waals surface area contributed by atoms with E-state index in [-0.39, 0.29) is 18.2 Å². The lowest BCUT2D eigenvalue weighted by Crippen LogP contribution is -2.39. The number of hydrogen-bond acceptors (Lipinski definition) is 3. The lowest BCUT2D eigenvalue weighted by molar-refractivity contribution is -0.130. The van der Waals surface area contributed by atoms with Gasteiger partial charge in [-0.25, -0.2) is 0 Å². The fourth-order valence-electron chi connectivity index (χ4n) is 4.05. The Kier molecular flexibility index (Phi) is 8.29. The molecule has 1 fully saturated rings. The molecule has 3 aromatic rings. The molecule has 0 spiro atoms. The number of carbonyl (C=O) groups excluding carboxylic acids is 2. The second-order valence-corrected chi connectivity index (χ2v) is 9.82. The summed E-state index contributed by atoms with van der Waals surface area (Å²) in [6.45, 7) is 1.08. The summed E-state index contributed by atoms with van der Waals surface area (Å²) in [4.78, 5) is 29.8. The minimum atomic E-state index is -0.601. The Balaban J connectivity index is 1.47. The van der Waals surface area contributed by atoms with Gasteiger partial charge in [0.1, 0.15) is 6.04 Å². The average Bonchev–Trinajstić information content (AvgIpc) is 3.07. The highest BCUT2D eigenvalue weighted by atomic mass is 127. The summed E-state index contributed by atoms with van der Waals surface area (Å²) >= 11 is 7.96. The molecule has 34 heavy (non-hydrogen) atoms. The standard InChI is InChI=1S/C27H26IN3O2S/c28-22-11-13-23(14-12-22)29-25(32)19-24-26(33)31(18-16-21-9-5-2-6-10-21)27(34)30(24)17-15-20-7-3-1-4-8-20/h1-14,24H,15-19H2,(H,29,32). The van der Waals surface area contributed by atoms with Gasteiger partial charge in [-0.1, -0.05) is 60.7 Å². The van der Waals surface area contributed by atoms with E-state index in [4.69, 9.17) is 12.2 Å². The summed E-state index contributed by atoms with van der Waals surface area (Å²) in [5.74, 6) is -0.302. The summed E-state index contributed by atoms with van der Waals surface area (Å²) in [6.07, 6.45) is 1.51. The third kappa shape index (κ3) is 6.21. The molecule has 1 heterocycles. The molecular weight excluding hydrogens is 557 g/mol. The molecule has 0 saturated carbocycles. The van der Waals surface area contributed by atoms with E-state index in [1.807, 2.05) is 77.7 Å². The minimum absolute atomic E-state index is 0.0571. The van der Waals surface area contributed by atoms with Crippen molar-refractivity contribution in [3.63, 3.8) is 0 Å². The first-order valence-corrected chi connectivity index (χ1v) is 12.8. The topological polar surface area (TPSA) is 52.7 Å². The molecule has 2 amide bonds. The van der Waals surface area contributed by atoms with Gasteiger partial charge in [0, 0.05) is 22.3 Å². The number of rotatable bonds is 9. The van der Waals surface area contributed by atoms with E-state index < -0.39 is 6.04 Å². The smallest absolute Gasteiger partial charge is 0.252 e. The van der Waals surface area contributed by atoms with Crippen LogP contribution in [0.15, 0.2) is 84.9 Å². The number of benzene rings is 3.